The Morgan fingerprint density at radius 1 is 1.40 bits per heavy atom. The highest BCUT2D eigenvalue weighted by Gasteiger charge is 2.04. The Kier molecular flexibility index (Phi) is 2.29. The molecule has 3 heteroatoms. The first-order valence-electron chi connectivity index (χ1n) is 4.67. The van der Waals surface area contributed by atoms with Crippen LogP contribution >= 0.6 is 0 Å². The van der Waals surface area contributed by atoms with Crippen LogP contribution in [-0.2, 0) is 4.79 Å². The van der Waals surface area contributed by atoms with Gasteiger partial charge in [0.25, 0.3) is 0 Å². The second-order valence-corrected chi connectivity index (χ2v) is 3.38. The number of para-hydroxylation sites is 1. The fraction of sp³-hybridized carbons (Fsp3) is 0.0833. The molecule has 15 heavy (non-hydrogen) atoms. The quantitative estimate of drug-likeness (QED) is 0.734. The third-order valence-corrected chi connectivity index (χ3v) is 2.34. The van der Waals surface area contributed by atoms with Gasteiger partial charge in [0.15, 0.2) is 0 Å². The number of fused-ring (bicyclic) bond motifs is 1. The summed E-state index contributed by atoms with van der Waals surface area (Å²) in [6, 6.07) is 7.83. The maximum atomic E-state index is 10.4. The molecule has 2 rings (SSSR count). The van der Waals surface area contributed by atoms with E-state index in [1.165, 1.54) is 0 Å². The average molecular weight is 201 g/mol. The number of H-pyrrole nitrogens is 1. The molecule has 0 fully saturated rings. The molecule has 0 saturated carbocycles. The maximum absolute atomic E-state index is 10.4. The van der Waals surface area contributed by atoms with Gasteiger partial charge in [0.05, 0.1) is 0 Å². The molecular formula is C12H11NO2. The molecule has 1 aromatic heterocycles. The van der Waals surface area contributed by atoms with Crippen molar-refractivity contribution < 1.29 is 9.90 Å². The zero-order chi connectivity index (χ0) is 10.8. The fourth-order valence-corrected chi connectivity index (χ4v) is 1.67. The van der Waals surface area contributed by atoms with E-state index in [1.54, 1.807) is 6.08 Å². The van der Waals surface area contributed by atoms with E-state index in [4.69, 9.17) is 5.11 Å². The van der Waals surface area contributed by atoms with Gasteiger partial charge in [-0.05, 0) is 19.1 Å². The third-order valence-electron chi connectivity index (χ3n) is 2.34. The lowest BCUT2D eigenvalue weighted by molar-refractivity contribution is -0.131. The van der Waals surface area contributed by atoms with Gasteiger partial charge in [0.1, 0.15) is 0 Å². The lowest BCUT2D eigenvalue weighted by Gasteiger charge is -1.91. The van der Waals surface area contributed by atoms with E-state index < -0.39 is 5.97 Å². The summed E-state index contributed by atoms with van der Waals surface area (Å²) in [5, 5.41) is 9.63. The molecule has 0 aliphatic carbocycles. The molecule has 2 N–H and O–H groups in total. The van der Waals surface area contributed by atoms with Crippen LogP contribution in [-0.4, -0.2) is 16.1 Å². The minimum Gasteiger partial charge on any atom is -0.478 e. The van der Waals surface area contributed by atoms with Gasteiger partial charge >= 0.3 is 5.97 Å². The van der Waals surface area contributed by atoms with Crippen molar-refractivity contribution >= 4 is 22.9 Å². The maximum Gasteiger partial charge on any atom is 0.328 e. The molecule has 0 aliphatic rings. The van der Waals surface area contributed by atoms with E-state index in [1.807, 2.05) is 31.2 Å². The molecule has 0 spiro atoms. The Hall–Kier alpha value is -2.03. The van der Waals surface area contributed by atoms with E-state index in [9.17, 15) is 4.79 Å². The number of nitrogens with one attached hydrogen (secondary N) is 1. The van der Waals surface area contributed by atoms with Crippen molar-refractivity contribution in [2.75, 3.05) is 0 Å². The summed E-state index contributed by atoms with van der Waals surface area (Å²) in [6.07, 6.45) is 2.78. The van der Waals surface area contributed by atoms with Crippen LogP contribution in [0.25, 0.3) is 17.0 Å². The van der Waals surface area contributed by atoms with E-state index >= 15 is 0 Å². The first-order chi connectivity index (χ1) is 7.18. The van der Waals surface area contributed by atoms with Gasteiger partial charge in [-0.15, -0.1) is 0 Å². The number of aromatic nitrogens is 1. The summed E-state index contributed by atoms with van der Waals surface area (Å²) in [7, 11) is 0. The first kappa shape index (κ1) is 9.52. The minimum absolute atomic E-state index is 0.931. The molecule has 3 nitrogen and oxygen atoms in total. The molecule has 76 valence electrons. The lowest BCUT2D eigenvalue weighted by atomic mass is 10.1. The SMILES string of the molecule is Cc1[nH]c2ccccc2c1C=CC(=O)O. The lowest BCUT2D eigenvalue weighted by Crippen LogP contribution is -1.85. The second-order valence-electron chi connectivity index (χ2n) is 3.38. The number of rotatable bonds is 2. The molecule has 0 amide bonds. The molecule has 0 atom stereocenters. The Morgan fingerprint density at radius 3 is 2.87 bits per heavy atom. The van der Waals surface area contributed by atoms with Crippen molar-refractivity contribution in [2.45, 2.75) is 6.92 Å². The first-order valence-corrected chi connectivity index (χ1v) is 4.67. The van der Waals surface area contributed by atoms with Crippen molar-refractivity contribution in [3.63, 3.8) is 0 Å². The zero-order valence-corrected chi connectivity index (χ0v) is 8.32. The topological polar surface area (TPSA) is 53.1 Å². The van der Waals surface area contributed by atoms with E-state index in [0.717, 1.165) is 28.2 Å². The summed E-state index contributed by atoms with van der Waals surface area (Å²) >= 11 is 0. The molecule has 1 aromatic carbocycles. The highest BCUT2D eigenvalue weighted by atomic mass is 16.4. The van der Waals surface area contributed by atoms with Crippen LogP contribution in [0.5, 0.6) is 0 Å². The van der Waals surface area contributed by atoms with Crippen LogP contribution in [0.4, 0.5) is 0 Å². The molecule has 1 heterocycles. The van der Waals surface area contributed by atoms with Crippen LogP contribution in [0.2, 0.25) is 0 Å². The summed E-state index contributed by atoms with van der Waals surface area (Å²) < 4.78 is 0. The molecule has 0 unspecified atom stereocenters. The van der Waals surface area contributed by atoms with Gasteiger partial charge in [-0.25, -0.2) is 4.79 Å². The number of aromatic amines is 1. The second kappa shape index (κ2) is 3.61. The number of carboxylic acid groups (broad SMARTS) is 1. The largest absolute Gasteiger partial charge is 0.478 e. The Labute approximate surface area is 87.0 Å². The van der Waals surface area contributed by atoms with Gasteiger partial charge in [0.2, 0.25) is 0 Å². The molecular weight excluding hydrogens is 190 g/mol. The van der Waals surface area contributed by atoms with Crippen molar-refractivity contribution in [2.24, 2.45) is 0 Å². The Morgan fingerprint density at radius 2 is 2.13 bits per heavy atom. The van der Waals surface area contributed by atoms with E-state index in [0.29, 0.717) is 0 Å². The van der Waals surface area contributed by atoms with Crippen LogP contribution < -0.4 is 0 Å². The highest BCUT2D eigenvalue weighted by Crippen LogP contribution is 2.22. The predicted octanol–water partition coefficient (Wildman–Crippen LogP) is 2.57. The minimum atomic E-state index is -0.931. The summed E-state index contributed by atoms with van der Waals surface area (Å²) in [5.74, 6) is -0.931. The zero-order valence-electron chi connectivity index (χ0n) is 8.32. The Bertz CT molecular complexity index is 538. The number of hydrogen-bond acceptors (Lipinski definition) is 1. The molecule has 0 bridgehead atoms. The van der Waals surface area contributed by atoms with Crippen LogP contribution in [0.3, 0.4) is 0 Å². The third kappa shape index (κ3) is 1.76. The number of hydrogen-bond donors (Lipinski definition) is 2. The standard InChI is InChI=1S/C12H11NO2/c1-8-9(6-7-12(14)15)10-4-2-3-5-11(10)13-8/h2-7,13H,1H3,(H,14,15). The van der Waals surface area contributed by atoms with Gasteiger partial charge in [-0.2, -0.15) is 0 Å². The number of aliphatic carboxylic acids is 1. The van der Waals surface area contributed by atoms with Crippen molar-refractivity contribution in [1.29, 1.82) is 0 Å². The van der Waals surface area contributed by atoms with Crippen molar-refractivity contribution in [3.05, 3.63) is 41.6 Å². The number of carbonyl (C=O) groups is 1. The molecule has 2 aromatic rings. The van der Waals surface area contributed by atoms with Gasteiger partial charge < -0.3 is 10.1 Å². The van der Waals surface area contributed by atoms with Crippen LogP contribution in [0.1, 0.15) is 11.3 Å². The van der Waals surface area contributed by atoms with Gasteiger partial charge in [-0.1, -0.05) is 18.2 Å². The number of benzene rings is 1. The summed E-state index contributed by atoms with van der Waals surface area (Å²) in [4.78, 5) is 13.7. The van der Waals surface area contributed by atoms with E-state index in [2.05, 4.69) is 4.98 Å². The predicted molar refractivity (Wildman–Crippen MR) is 59.7 cm³/mol. The van der Waals surface area contributed by atoms with Crippen molar-refractivity contribution in [3.8, 4) is 0 Å². The number of aryl methyl sites for hydroxylation is 1. The molecule has 0 radical (unpaired) electrons. The van der Waals surface area contributed by atoms with Gasteiger partial charge in [-0.3, -0.25) is 0 Å². The Balaban J connectivity index is 2.59. The normalized spacial score (nSPS) is 11.3. The van der Waals surface area contributed by atoms with E-state index in [-0.39, 0.29) is 0 Å². The molecule has 0 saturated heterocycles. The highest BCUT2D eigenvalue weighted by molar-refractivity contribution is 5.94. The van der Waals surface area contributed by atoms with Crippen LogP contribution in [0, 0.1) is 6.92 Å². The summed E-state index contributed by atoms with van der Waals surface area (Å²) in [5.41, 5.74) is 2.95. The fourth-order valence-electron chi connectivity index (χ4n) is 1.67. The van der Waals surface area contributed by atoms with Gasteiger partial charge in [0, 0.05) is 28.2 Å². The van der Waals surface area contributed by atoms with Crippen molar-refractivity contribution in [1.82, 2.24) is 4.98 Å². The summed E-state index contributed by atoms with van der Waals surface area (Å²) in [6.45, 7) is 1.93. The smallest absolute Gasteiger partial charge is 0.328 e. The van der Waals surface area contributed by atoms with Crippen LogP contribution in [0.15, 0.2) is 30.3 Å². The molecule has 0 aliphatic heterocycles. The average Bonchev–Trinajstić information content (AvgIpc) is 2.50. The monoisotopic (exact) mass is 201 g/mol. The number of carboxylic acids is 1.